The Bertz CT molecular complexity index is 410. The zero-order valence-corrected chi connectivity index (χ0v) is 10.9. The molecule has 0 saturated heterocycles. The summed E-state index contributed by atoms with van der Waals surface area (Å²) in [6, 6.07) is 4.42. The fourth-order valence-electron chi connectivity index (χ4n) is 1.57. The van der Waals surface area contributed by atoms with Crippen molar-refractivity contribution in [1.82, 2.24) is 10.6 Å². The SMILES string of the molecule is CCNC(=O)C(C)Oc1cc(F)cc(CNC)c1. The number of halogens is 1. The van der Waals surface area contributed by atoms with Gasteiger partial charge in [-0.1, -0.05) is 0 Å². The van der Waals surface area contributed by atoms with E-state index >= 15 is 0 Å². The van der Waals surface area contributed by atoms with Gasteiger partial charge in [-0.3, -0.25) is 4.79 Å². The van der Waals surface area contributed by atoms with Crippen molar-refractivity contribution in [2.75, 3.05) is 13.6 Å². The Hall–Kier alpha value is -1.62. The summed E-state index contributed by atoms with van der Waals surface area (Å²) in [5, 5.41) is 5.58. The van der Waals surface area contributed by atoms with Crippen molar-refractivity contribution in [3.8, 4) is 5.75 Å². The number of carbonyl (C=O) groups excluding carboxylic acids is 1. The van der Waals surface area contributed by atoms with Gasteiger partial charge in [0.05, 0.1) is 0 Å². The monoisotopic (exact) mass is 254 g/mol. The molecule has 100 valence electrons. The summed E-state index contributed by atoms with van der Waals surface area (Å²) < 4.78 is 18.8. The van der Waals surface area contributed by atoms with E-state index in [9.17, 15) is 9.18 Å². The van der Waals surface area contributed by atoms with Gasteiger partial charge >= 0.3 is 0 Å². The van der Waals surface area contributed by atoms with Crippen LogP contribution in [0.1, 0.15) is 19.4 Å². The lowest BCUT2D eigenvalue weighted by Crippen LogP contribution is -2.36. The van der Waals surface area contributed by atoms with Gasteiger partial charge in [0.2, 0.25) is 0 Å². The molecule has 0 spiro atoms. The first kappa shape index (κ1) is 14.4. The van der Waals surface area contributed by atoms with E-state index in [1.165, 1.54) is 12.1 Å². The van der Waals surface area contributed by atoms with Crippen LogP contribution in [0.25, 0.3) is 0 Å². The number of rotatable bonds is 6. The van der Waals surface area contributed by atoms with Crippen molar-refractivity contribution in [1.29, 1.82) is 0 Å². The summed E-state index contributed by atoms with van der Waals surface area (Å²) in [5.74, 6) is -0.225. The van der Waals surface area contributed by atoms with Crippen LogP contribution in [-0.4, -0.2) is 25.6 Å². The number of benzene rings is 1. The van der Waals surface area contributed by atoms with Crippen molar-refractivity contribution in [2.45, 2.75) is 26.5 Å². The molecule has 1 amide bonds. The van der Waals surface area contributed by atoms with Gasteiger partial charge in [-0.05, 0) is 38.6 Å². The fourth-order valence-corrected chi connectivity index (χ4v) is 1.57. The molecule has 0 aliphatic carbocycles. The Kier molecular flexibility index (Phi) is 5.58. The third-order valence-corrected chi connectivity index (χ3v) is 2.35. The zero-order chi connectivity index (χ0) is 13.5. The minimum Gasteiger partial charge on any atom is -0.481 e. The van der Waals surface area contributed by atoms with Gasteiger partial charge in [-0.15, -0.1) is 0 Å². The molecule has 1 aromatic rings. The van der Waals surface area contributed by atoms with E-state index in [2.05, 4.69) is 10.6 Å². The van der Waals surface area contributed by atoms with Crippen molar-refractivity contribution in [3.63, 3.8) is 0 Å². The Morgan fingerprint density at radius 2 is 2.17 bits per heavy atom. The molecule has 0 aliphatic rings. The molecule has 0 saturated carbocycles. The van der Waals surface area contributed by atoms with E-state index in [0.29, 0.717) is 18.8 Å². The third-order valence-electron chi connectivity index (χ3n) is 2.35. The molecule has 1 aromatic carbocycles. The van der Waals surface area contributed by atoms with E-state index in [4.69, 9.17) is 4.74 Å². The Labute approximate surface area is 107 Å². The average Bonchev–Trinajstić information content (AvgIpc) is 2.28. The van der Waals surface area contributed by atoms with E-state index in [1.54, 1.807) is 20.0 Å². The summed E-state index contributed by atoms with van der Waals surface area (Å²) >= 11 is 0. The zero-order valence-electron chi connectivity index (χ0n) is 10.9. The van der Waals surface area contributed by atoms with Crippen LogP contribution in [0.2, 0.25) is 0 Å². The highest BCUT2D eigenvalue weighted by molar-refractivity contribution is 5.80. The molecule has 0 heterocycles. The molecule has 1 rings (SSSR count). The third kappa shape index (κ3) is 4.33. The van der Waals surface area contributed by atoms with Gasteiger partial charge in [0, 0.05) is 19.2 Å². The van der Waals surface area contributed by atoms with Crippen molar-refractivity contribution in [3.05, 3.63) is 29.6 Å². The van der Waals surface area contributed by atoms with Crippen LogP contribution >= 0.6 is 0 Å². The highest BCUT2D eigenvalue weighted by atomic mass is 19.1. The summed E-state index contributed by atoms with van der Waals surface area (Å²) in [4.78, 5) is 11.5. The van der Waals surface area contributed by atoms with Crippen molar-refractivity contribution in [2.24, 2.45) is 0 Å². The topological polar surface area (TPSA) is 50.4 Å². The Morgan fingerprint density at radius 3 is 2.78 bits per heavy atom. The summed E-state index contributed by atoms with van der Waals surface area (Å²) in [7, 11) is 1.78. The number of amides is 1. The lowest BCUT2D eigenvalue weighted by Gasteiger charge is -2.15. The van der Waals surface area contributed by atoms with Gasteiger partial charge in [-0.2, -0.15) is 0 Å². The van der Waals surface area contributed by atoms with E-state index in [0.717, 1.165) is 5.56 Å². The second-order valence-corrected chi connectivity index (χ2v) is 3.98. The Balaban J connectivity index is 2.74. The Morgan fingerprint density at radius 1 is 1.44 bits per heavy atom. The van der Waals surface area contributed by atoms with Gasteiger partial charge in [0.15, 0.2) is 6.10 Å². The number of carbonyl (C=O) groups is 1. The van der Waals surface area contributed by atoms with E-state index in [-0.39, 0.29) is 11.7 Å². The lowest BCUT2D eigenvalue weighted by atomic mass is 10.2. The number of hydrogen-bond donors (Lipinski definition) is 2. The second-order valence-electron chi connectivity index (χ2n) is 3.98. The molecule has 0 aliphatic heterocycles. The van der Waals surface area contributed by atoms with Crippen LogP contribution in [0.3, 0.4) is 0 Å². The maximum atomic E-state index is 13.3. The number of nitrogens with one attached hydrogen (secondary N) is 2. The molecule has 0 aromatic heterocycles. The first-order valence-electron chi connectivity index (χ1n) is 5.95. The average molecular weight is 254 g/mol. The largest absolute Gasteiger partial charge is 0.481 e. The molecule has 4 nitrogen and oxygen atoms in total. The smallest absolute Gasteiger partial charge is 0.260 e. The predicted molar refractivity (Wildman–Crippen MR) is 67.9 cm³/mol. The summed E-state index contributed by atoms with van der Waals surface area (Å²) in [6.45, 7) is 4.55. The first-order chi connectivity index (χ1) is 8.56. The van der Waals surface area contributed by atoms with Crippen LogP contribution in [0.4, 0.5) is 4.39 Å². The van der Waals surface area contributed by atoms with Gasteiger partial charge < -0.3 is 15.4 Å². The quantitative estimate of drug-likeness (QED) is 0.808. The van der Waals surface area contributed by atoms with Crippen LogP contribution in [-0.2, 0) is 11.3 Å². The van der Waals surface area contributed by atoms with Crippen LogP contribution in [0.15, 0.2) is 18.2 Å². The van der Waals surface area contributed by atoms with Gasteiger partial charge in [-0.25, -0.2) is 4.39 Å². The molecule has 1 atom stereocenters. The normalized spacial score (nSPS) is 12.0. The molecule has 5 heteroatoms. The van der Waals surface area contributed by atoms with Crippen molar-refractivity contribution >= 4 is 5.91 Å². The highest BCUT2D eigenvalue weighted by Crippen LogP contribution is 2.17. The van der Waals surface area contributed by atoms with Gasteiger partial charge in [0.25, 0.3) is 5.91 Å². The lowest BCUT2D eigenvalue weighted by molar-refractivity contribution is -0.127. The highest BCUT2D eigenvalue weighted by Gasteiger charge is 2.14. The standard InChI is InChI=1S/C13H19FN2O2/c1-4-16-13(17)9(2)18-12-6-10(8-15-3)5-11(14)7-12/h5-7,9,15H,4,8H2,1-3H3,(H,16,17). The second kappa shape index (κ2) is 6.96. The first-order valence-corrected chi connectivity index (χ1v) is 5.95. The predicted octanol–water partition coefficient (Wildman–Crippen LogP) is 1.45. The number of likely N-dealkylation sites (N-methyl/N-ethyl adjacent to an activating group) is 1. The van der Waals surface area contributed by atoms with Crippen molar-refractivity contribution < 1.29 is 13.9 Å². The molecule has 18 heavy (non-hydrogen) atoms. The van der Waals surface area contributed by atoms with E-state index < -0.39 is 6.10 Å². The molecule has 2 N–H and O–H groups in total. The number of ether oxygens (including phenoxy) is 1. The van der Waals surface area contributed by atoms with Crippen LogP contribution in [0, 0.1) is 5.82 Å². The summed E-state index contributed by atoms with van der Waals surface area (Å²) in [5.41, 5.74) is 0.774. The van der Waals surface area contributed by atoms with E-state index in [1.807, 2.05) is 6.92 Å². The maximum Gasteiger partial charge on any atom is 0.260 e. The molecule has 0 radical (unpaired) electrons. The summed E-state index contributed by atoms with van der Waals surface area (Å²) in [6.07, 6.45) is -0.644. The van der Waals surface area contributed by atoms with Gasteiger partial charge in [0.1, 0.15) is 11.6 Å². The molecule has 0 fully saturated rings. The van der Waals surface area contributed by atoms with Crippen LogP contribution in [0.5, 0.6) is 5.75 Å². The molecular weight excluding hydrogens is 235 g/mol. The minimum atomic E-state index is -0.644. The molecule has 1 unspecified atom stereocenters. The maximum absolute atomic E-state index is 13.3. The molecule has 0 bridgehead atoms. The van der Waals surface area contributed by atoms with Crippen LogP contribution < -0.4 is 15.4 Å². The molecular formula is C13H19FN2O2. The minimum absolute atomic E-state index is 0.211. The number of hydrogen-bond acceptors (Lipinski definition) is 3. The fraction of sp³-hybridized carbons (Fsp3) is 0.462.